The summed E-state index contributed by atoms with van der Waals surface area (Å²) in [4.78, 5) is 7.16. The molecule has 1 aromatic carbocycles. The maximum atomic E-state index is 13.4. The molecular formula is C22H31FN4O3. The summed E-state index contributed by atoms with van der Waals surface area (Å²) < 4.78 is 29.5. The Balaban J connectivity index is 1.67. The summed E-state index contributed by atoms with van der Waals surface area (Å²) in [5.41, 5.74) is 1.05. The number of guanidine groups is 1. The predicted octanol–water partition coefficient (Wildman–Crippen LogP) is 2.22. The smallest absolute Gasteiger partial charge is 0.191 e. The van der Waals surface area contributed by atoms with E-state index in [0.717, 1.165) is 36.8 Å². The second kappa shape index (κ2) is 12.3. The molecule has 3 rings (SSSR count). The number of nitrogens with one attached hydrogen (secondary N) is 2. The Morgan fingerprint density at radius 1 is 1.17 bits per heavy atom. The van der Waals surface area contributed by atoms with Crippen LogP contribution in [0.15, 0.2) is 52.1 Å². The van der Waals surface area contributed by atoms with Gasteiger partial charge in [0.25, 0.3) is 0 Å². The highest BCUT2D eigenvalue weighted by Crippen LogP contribution is 2.22. The molecule has 0 spiro atoms. The first-order valence-corrected chi connectivity index (χ1v) is 10.4. The van der Waals surface area contributed by atoms with Gasteiger partial charge in [-0.2, -0.15) is 0 Å². The van der Waals surface area contributed by atoms with Crippen LogP contribution in [0.25, 0.3) is 0 Å². The van der Waals surface area contributed by atoms with Crippen LogP contribution < -0.4 is 10.6 Å². The van der Waals surface area contributed by atoms with E-state index in [-0.39, 0.29) is 11.9 Å². The van der Waals surface area contributed by atoms with Crippen LogP contribution >= 0.6 is 0 Å². The van der Waals surface area contributed by atoms with Gasteiger partial charge in [0.1, 0.15) is 11.6 Å². The highest BCUT2D eigenvalue weighted by Gasteiger charge is 2.22. The van der Waals surface area contributed by atoms with Crippen molar-refractivity contribution in [2.75, 3.05) is 59.7 Å². The normalized spacial score (nSPS) is 16.4. The van der Waals surface area contributed by atoms with E-state index < -0.39 is 0 Å². The molecule has 0 amide bonds. The van der Waals surface area contributed by atoms with E-state index in [4.69, 9.17) is 18.9 Å². The van der Waals surface area contributed by atoms with E-state index in [1.807, 2.05) is 24.3 Å². The van der Waals surface area contributed by atoms with Gasteiger partial charge in [0.05, 0.1) is 38.7 Å². The quantitative estimate of drug-likeness (QED) is 0.350. The Morgan fingerprint density at radius 3 is 2.63 bits per heavy atom. The number of morpholine rings is 1. The van der Waals surface area contributed by atoms with Crippen LogP contribution in [-0.4, -0.2) is 70.5 Å². The predicted molar refractivity (Wildman–Crippen MR) is 114 cm³/mol. The lowest BCUT2D eigenvalue weighted by Crippen LogP contribution is -2.42. The third kappa shape index (κ3) is 7.12. The van der Waals surface area contributed by atoms with Crippen molar-refractivity contribution < 1.29 is 18.3 Å². The summed E-state index contributed by atoms with van der Waals surface area (Å²) in [6.45, 7) is 5.54. The fourth-order valence-electron chi connectivity index (χ4n) is 3.39. The van der Waals surface area contributed by atoms with Gasteiger partial charge in [-0.25, -0.2) is 4.39 Å². The van der Waals surface area contributed by atoms with E-state index in [2.05, 4.69) is 15.5 Å². The number of halogens is 1. The number of benzene rings is 1. The van der Waals surface area contributed by atoms with Crippen LogP contribution in [0.2, 0.25) is 0 Å². The van der Waals surface area contributed by atoms with Gasteiger partial charge in [0.2, 0.25) is 0 Å². The first-order valence-electron chi connectivity index (χ1n) is 10.4. The molecule has 1 aliphatic heterocycles. The van der Waals surface area contributed by atoms with Crippen molar-refractivity contribution in [2.24, 2.45) is 4.99 Å². The van der Waals surface area contributed by atoms with Crippen LogP contribution in [0.5, 0.6) is 0 Å². The lowest BCUT2D eigenvalue weighted by Gasteiger charge is -2.34. The van der Waals surface area contributed by atoms with Crippen molar-refractivity contribution in [2.45, 2.75) is 12.5 Å². The van der Waals surface area contributed by atoms with Crippen molar-refractivity contribution in [3.8, 4) is 0 Å². The number of methoxy groups -OCH3 is 1. The van der Waals surface area contributed by atoms with Gasteiger partial charge in [0, 0.05) is 39.7 Å². The van der Waals surface area contributed by atoms with E-state index >= 15 is 0 Å². The van der Waals surface area contributed by atoms with Crippen LogP contribution in [0, 0.1) is 5.82 Å². The van der Waals surface area contributed by atoms with Gasteiger partial charge in [-0.3, -0.25) is 9.89 Å². The minimum atomic E-state index is -0.232. The zero-order valence-electron chi connectivity index (χ0n) is 17.5. The maximum absolute atomic E-state index is 13.4. The summed E-state index contributed by atoms with van der Waals surface area (Å²) in [6.07, 6.45) is 2.44. The van der Waals surface area contributed by atoms with Crippen molar-refractivity contribution in [3.63, 3.8) is 0 Å². The van der Waals surface area contributed by atoms with E-state index in [9.17, 15) is 4.39 Å². The van der Waals surface area contributed by atoms with Gasteiger partial charge in [-0.15, -0.1) is 0 Å². The summed E-state index contributed by atoms with van der Waals surface area (Å²) in [7, 11) is 1.67. The number of aliphatic imine (C=N–C) groups is 1. The van der Waals surface area contributed by atoms with Crippen LogP contribution in [0.3, 0.4) is 0 Å². The molecule has 0 radical (unpaired) electrons. The molecule has 7 nitrogen and oxygen atoms in total. The second-order valence-electron chi connectivity index (χ2n) is 7.08. The van der Waals surface area contributed by atoms with Gasteiger partial charge in [0.15, 0.2) is 5.96 Å². The molecule has 1 unspecified atom stereocenters. The Morgan fingerprint density at radius 2 is 1.93 bits per heavy atom. The molecule has 1 aromatic heterocycles. The monoisotopic (exact) mass is 418 g/mol. The number of furan rings is 1. The summed E-state index contributed by atoms with van der Waals surface area (Å²) >= 11 is 0. The van der Waals surface area contributed by atoms with Crippen molar-refractivity contribution in [3.05, 3.63) is 59.8 Å². The zero-order chi connectivity index (χ0) is 21.0. The van der Waals surface area contributed by atoms with E-state index in [0.29, 0.717) is 39.5 Å². The molecule has 0 aliphatic carbocycles. The molecule has 8 heteroatoms. The van der Waals surface area contributed by atoms with Gasteiger partial charge in [-0.05, 0) is 29.8 Å². The van der Waals surface area contributed by atoms with Gasteiger partial charge < -0.3 is 24.5 Å². The Kier molecular flexibility index (Phi) is 9.14. The fourth-order valence-corrected chi connectivity index (χ4v) is 3.39. The van der Waals surface area contributed by atoms with E-state index in [1.54, 1.807) is 13.4 Å². The van der Waals surface area contributed by atoms with Crippen LogP contribution in [0.1, 0.15) is 17.4 Å². The Labute approximate surface area is 177 Å². The molecule has 2 N–H and O–H groups in total. The van der Waals surface area contributed by atoms with Crippen molar-refractivity contribution >= 4 is 5.96 Å². The SMILES string of the molecule is COCCNC(=NCC(c1ccc(F)cc1)N1CCOCC1)NCCc1ccco1. The highest BCUT2D eigenvalue weighted by atomic mass is 19.1. The fraction of sp³-hybridized carbons (Fsp3) is 0.500. The lowest BCUT2D eigenvalue weighted by atomic mass is 10.0. The molecule has 0 bridgehead atoms. The second-order valence-corrected chi connectivity index (χ2v) is 7.08. The Bertz CT molecular complexity index is 746. The summed E-state index contributed by atoms with van der Waals surface area (Å²) in [6, 6.07) is 10.6. The molecule has 1 atom stereocenters. The van der Waals surface area contributed by atoms with Crippen LogP contribution in [-0.2, 0) is 15.9 Å². The number of ether oxygens (including phenoxy) is 2. The minimum Gasteiger partial charge on any atom is -0.469 e. The molecule has 1 saturated heterocycles. The van der Waals surface area contributed by atoms with Crippen molar-refractivity contribution in [1.29, 1.82) is 0 Å². The lowest BCUT2D eigenvalue weighted by molar-refractivity contribution is 0.0179. The summed E-state index contributed by atoms with van der Waals surface area (Å²) in [5, 5.41) is 6.66. The largest absolute Gasteiger partial charge is 0.469 e. The number of nitrogens with zero attached hydrogens (tertiary/aromatic N) is 2. The highest BCUT2D eigenvalue weighted by molar-refractivity contribution is 5.79. The summed E-state index contributed by atoms with van der Waals surface area (Å²) in [5.74, 6) is 1.42. The topological polar surface area (TPSA) is 71.3 Å². The molecular weight excluding hydrogens is 387 g/mol. The number of hydrogen-bond donors (Lipinski definition) is 2. The first kappa shape index (κ1) is 22.3. The Hall–Kier alpha value is -2.42. The first-order chi connectivity index (χ1) is 14.8. The van der Waals surface area contributed by atoms with Gasteiger partial charge in [-0.1, -0.05) is 12.1 Å². The standard InChI is InChI=1S/C22H31FN4O3/c1-28-14-10-25-22(24-9-8-20-3-2-13-30-20)26-17-21(27-11-15-29-16-12-27)18-4-6-19(23)7-5-18/h2-7,13,21H,8-12,14-17H2,1H3,(H2,24,25,26). The molecule has 1 aliphatic rings. The van der Waals surface area contributed by atoms with Gasteiger partial charge >= 0.3 is 0 Å². The molecule has 1 fully saturated rings. The zero-order valence-corrected chi connectivity index (χ0v) is 17.5. The third-order valence-electron chi connectivity index (χ3n) is 5.01. The number of hydrogen-bond acceptors (Lipinski definition) is 5. The average molecular weight is 419 g/mol. The number of rotatable bonds is 10. The third-order valence-corrected chi connectivity index (χ3v) is 5.01. The molecule has 164 valence electrons. The average Bonchev–Trinajstić information content (AvgIpc) is 3.29. The maximum Gasteiger partial charge on any atom is 0.191 e. The van der Waals surface area contributed by atoms with Crippen LogP contribution in [0.4, 0.5) is 4.39 Å². The molecule has 0 saturated carbocycles. The minimum absolute atomic E-state index is 0.0561. The molecule has 2 heterocycles. The molecule has 2 aromatic rings. The van der Waals surface area contributed by atoms with E-state index in [1.165, 1.54) is 12.1 Å². The van der Waals surface area contributed by atoms with Crippen molar-refractivity contribution in [1.82, 2.24) is 15.5 Å². The molecule has 30 heavy (non-hydrogen) atoms.